The van der Waals surface area contributed by atoms with Crippen molar-refractivity contribution in [3.8, 4) is 0 Å². The molecule has 28 heavy (non-hydrogen) atoms. The third-order valence-electron chi connectivity index (χ3n) is 4.15. The zero-order valence-corrected chi connectivity index (χ0v) is 20.1. The lowest BCUT2D eigenvalue weighted by molar-refractivity contribution is -0.130. The van der Waals surface area contributed by atoms with Crippen LogP contribution in [0, 0.1) is 0 Å². The van der Waals surface area contributed by atoms with Gasteiger partial charge in [-0.2, -0.15) is 0 Å². The highest BCUT2D eigenvalue weighted by molar-refractivity contribution is 14.0. The average molecular weight is 515 g/mol. The second-order valence-corrected chi connectivity index (χ2v) is 7.44. The van der Waals surface area contributed by atoms with E-state index in [1.165, 1.54) is 0 Å². The topological polar surface area (TPSA) is 69.6 Å². The summed E-state index contributed by atoms with van der Waals surface area (Å²) in [4.78, 5) is 23.1. The van der Waals surface area contributed by atoms with Crippen molar-refractivity contribution >= 4 is 47.2 Å². The Morgan fingerprint density at radius 1 is 1.25 bits per heavy atom. The molecule has 0 aliphatic carbocycles. The Morgan fingerprint density at radius 2 is 1.96 bits per heavy atom. The van der Waals surface area contributed by atoms with Gasteiger partial charge in [0.15, 0.2) is 5.96 Å². The van der Waals surface area contributed by atoms with Gasteiger partial charge in [0.05, 0.1) is 18.8 Å². The summed E-state index contributed by atoms with van der Waals surface area (Å²) in [5, 5.41) is 9.40. The summed E-state index contributed by atoms with van der Waals surface area (Å²) < 4.78 is 0. The number of likely N-dealkylation sites (N-methyl/N-ethyl adjacent to an activating group) is 1. The van der Waals surface area contributed by atoms with Gasteiger partial charge in [0.2, 0.25) is 5.91 Å². The van der Waals surface area contributed by atoms with Crippen molar-refractivity contribution in [2.24, 2.45) is 4.99 Å². The highest BCUT2D eigenvalue weighted by Gasteiger charge is 2.13. The molecule has 1 amide bonds. The summed E-state index contributed by atoms with van der Waals surface area (Å²) in [5.41, 5.74) is 2.23. The molecule has 2 aromatic rings. The lowest BCUT2D eigenvalue weighted by Gasteiger charge is -2.22. The summed E-state index contributed by atoms with van der Waals surface area (Å²) in [6.07, 6.45) is 0. The van der Waals surface area contributed by atoms with Crippen LogP contribution < -0.4 is 10.6 Å². The molecule has 1 aromatic carbocycles. The van der Waals surface area contributed by atoms with Gasteiger partial charge < -0.3 is 15.5 Å². The van der Waals surface area contributed by atoms with Crippen molar-refractivity contribution in [2.75, 3.05) is 20.1 Å². The molecule has 2 N–H and O–H groups in total. The van der Waals surface area contributed by atoms with E-state index < -0.39 is 0 Å². The van der Waals surface area contributed by atoms with Gasteiger partial charge in [-0.3, -0.25) is 9.79 Å². The van der Waals surface area contributed by atoms with Crippen LogP contribution in [0.3, 0.4) is 0 Å². The number of carbonyl (C=O) groups is 1. The Hall–Kier alpha value is -1.68. The van der Waals surface area contributed by atoms with Gasteiger partial charge in [-0.05, 0) is 18.4 Å². The van der Waals surface area contributed by atoms with E-state index in [1.807, 2.05) is 42.2 Å². The first kappa shape index (κ1) is 24.4. The second kappa shape index (κ2) is 12.7. The van der Waals surface area contributed by atoms with Crippen LogP contribution in [-0.4, -0.2) is 41.9 Å². The van der Waals surface area contributed by atoms with Crippen molar-refractivity contribution in [1.82, 2.24) is 20.5 Å². The number of amides is 1. The van der Waals surface area contributed by atoms with Crippen molar-refractivity contribution < 1.29 is 4.79 Å². The molecule has 6 nitrogen and oxygen atoms in total. The zero-order valence-electron chi connectivity index (χ0n) is 16.9. The minimum Gasteiger partial charge on any atom is -0.350 e. The maximum Gasteiger partial charge on any atom is 0.242 e. The van der Waals surface area contributed by atoms with E-state index in [0.717, 1.165) is 16.3 Å². The van der Waals surface area contributed by atoms with Crippen LogP contribution in [0.15, 0.2) is 40.7 Å². The molecular formula is C20H30IN5OS. The van der Waals surface area contributed by atoms with E-state index in [-0.39, 0.29) is 36.4 Å². The number of aliphatic imine (C=N–C) groups is 1. The minimum absolute atomic E-state index is 0. The number of guanidine groups is 1. The van der Waals surface area contributed by atoms with E-state index in [1.54, 1.807) is 18.4 Å². The molecule has 0 aliphatic heterocycles. The molecule has 0 atom stereocenters. The lowest BCUT2D eigenvalue weighted by atomic mass is 10.2. The number of thiazole rings is 1. The molecule has 0 bridgehead atoms. The molecule has 0 saturated heterocycles. The molecule has 0 aliphatic rings. The molecule has 1 aromatic heterocycles. The molecule has 1 heterocycles. The third-order valence-corrected chi connectivity index (χ3v) is 5.02. The smallest absolute Gasteiger partial charge is 0.242 e. The summed E-state index contributed by atoms with van der Waals surface area (Å²) in [7, 11) is 1.70. The van der Waals surface area contributed by atoms with Gasteiger partial charge in [0.1, 0.15) is 5.01 Å². The van der Waals surface area contributed by atoms with E-state index in [2.05, 4.69) is 39.8 Å². The molecule has 0 fully saturated rings. The van der Waals surface area contributed by atoms with Gasteiger partial charge in [-0.15, -0.1) is 35.3 Å². The van der Waals surface area contributed by atoms with Crippen LogP contribution in [0.25, 0.3) is 0 Å². The van der Waals surface area contributed by atoms with Crippen molar-refractivity contribution in [2.45, 2.75) is 39.8 Å². The Kier molecular flexibility index (Phi) is 11.1. The van der Waals surface area contributed by atoms with Gasteiger partial charge in [0.25, 0.3) is 0 Å². The van der Waals surface area contributed by atoms with Crippen LogP contribution in [0.5, 0.6) is 0 Å². The molecular weight excluding hydrogens is 485 g/mol. The monoisotopic (exact) mass is 515 g/mol. The van der Waals surface area contributed by atoms with Gasteiger partial charge in [0, 0.05) is 25.5 Å². The van der Waals surface area contributed by atoms with Crippen LogP contribution in [0.4, 0.5) is 0 Å². The highest BCUT2D eigenvalue weighted by Crippen LogP contribution is 2.17. The van der Waals surface area contributed by atoms with Gasteiger partial charge >= 0.3 is 0 Å². The standard InChI is InChI=1S/C20H29N5OS.HI/c1-5-25(13-16-9-7-6-8-10-16)19(26)12-23-20(21-4)22-11-18-24-17(14-27-18)15(2)3;/h6-10,14-15H,5,11-13H2,1-4H3,(H2,21,22,23);1H. The fourth-order valence-corrected chi connectivity index (χ4v) is 3.40. The average Bonchev–Trinajstić information content (AvgIpc) is 3.16. The summed E-state index contributed by atoms with van der Waals surface area (Å²) in [6.45, 7) is 8.32. The molecule has 2 rings (SSSR count). The van der Waals surface area contributed by atoms with Gasteiger partial charge in [-0.1, -0.05) is 44.2 Å². The summed E-state index contributed by atoms with van der Waals surface area (Å²) >= 11 is 1.63. The van der Waals surface area contributed by atoms with Gasteiger partial charge in [-0.25, -0.2) is 4.98 Å². The fourth-order valence-electron chi connectivity index (χ4n) is 2.50. The number of halogens is 1. The molecule has 0 saturated carbocycles. The molecule has 154 valence electrons. The molecule has 0 radical (unpaired) electrons. The summed E-state index contributed by atoms with van der Waals surface area (Å²) in [5.74, 6) is 1.07. The largest absolute Gasteiger partial charge is 0.350 e. The number of aromatic nitrogens is 1. The van der Waals surface area contributed by atoms with Crippen LogP contribution in [0.1, 0.15) is 43.0 Å². The number of nitrogens with one attached hydrogen (secondary N) is 2. The SMILES string of the molecule is CCN(Cc1ccccc1)C(=O)CNC(=NC)NCc1nc(C(C)C)cs1.I. The first-order valence-electron chi connectivity index (χ1n) is 9.24. The maximum absolute atomic E-state index is 12.5. The number of hydrogen-bond donors (Lipinski definition) is 2. The Balaban J connectivity index is 0.00000392. The van der Waals surface area contributed by atoms with Crippen LogP contribution in [0.2, 0.25) is 0 Å². The predicted octanol–water partition coefficient (Wildman–Crippen LogP) is 3.60. The van der Waals surface area contributed by atoms with Crippen LogP contribution >= 0.6 is 35.3 Å². The Bertz CT molecular complexity index is 748. The molecule has 8 heteroatoms. The quantitative estimate of drug-likeness (QED) is 0.320. The number of benzene rings is 1. The number of carbonyl (C=O) groups excluding carboxylic acids is 1. The molecule has 0 unspecified atom stereocenters. The van der Waals surface area contributed by atoms with Crippen LogP contribution in [-0.2, 0) is 17.9 Å². The van der Waals surface area contributed by atoms with E-state index in [0.29, 0.717) is 31.5 Å². The second-order valence-electron chi connectivity index (χ2n) is 6.49. The number of hydrogen-bond acceptors (Lipinski definition) is 4. The van der Waals surface area contributed by atoms with Crippen molar-refractivity contribution in [3.05, 3.63) is 52.0 Å². The molecule has 0 spiro atoms. The van der Waals surface area contributed by atoms with E-state index in [9.17, 15) is 4.79 Å². The maximum atomic E-state index is 12.5. The lowest BCUT2D eigenvalue weighted by Crippen LogP contribution is -2.44. The highest BCUT2D eigenvalue weighted by atomic mass is 127. The van der Waals surface area contributed by atoms with Crippen molar-refractivity contribution in [1.29, 1.82) is 0 Å². The first-order chi connectivity index (χ1) is 13.0. The van der Waals surface area contributed by atoms with Crippen molar-refractivity contribution in [3.63, 3.8) is 0 Å². The normalized spacial score (nSPS) is 11.1. The van der Waals surface area contributed by atoms with E-state index in [4.69, 9.17) is 0 Å². The Labute approximate surface area is 188 Å². The minimum atomic E-state index is 0. The van der Waals surface area contributed by atoms with E-state index >= 15 is 0 Å². The number of rotatable bonds is 8. The fraction of sp³-hybridized carbons (Fsp3) is 0.450. The third kappa shape index (κ3) is 7.75. The summed E-state index contributed by atoms with van der Waals surface area (Å²) in [6, 6.07) is 10.0. The predicted molar refractivity (Wildman–Crippen MR) is 127 cm³/mol. The zero-order chi connectivity index (χ0) is 19.6. The number of nitrogens with zero attached hydrogens (tertiary/aromatic N) is 3. The first-order valence-corrected chi connectivity index (χ1v) is 10.1. The Morgan fingerprint density at radius 3 is 2.54 bits per heavy atom.